The zero-order valence-electron chi connectivity index (χ0n) is 11.6. The average Bonchev–Trinajstić information content (AvgIpc) is 2.43. The average molecular weight is 255 g/mol. The molecular weight excluding hydrogens is 234 g/mol. The molecule has 0 amide bonds. The maximum absolute atomic E-state index is 4.42. The summed E-state index contributed by atoms with van der Waals surface area (Å²) < 4.78 is 0. The summed E-state index contributed by atoms with van der Waals surface area (Å²) in [7, 11) is 0. The second-order valence-electron chi connectivity index (χ2n) is 5.85. The molecule has 19 heavy (non-hydrogen) atoms. The Hall–Kier alpha value is -1.64. The molecule has 3 nitrogen and oxygen atoms in total. The van der Waals surface area contributed by atoms with Gasteiger partial charge in [0.05, 0.1) is 5.52 Å². The van der Waals surface area contributed by atoms with Gasteiger partial charge in [-0.1, -0.05) is 26.0 Å². The number of aromatic nitrogens is 2. The van der Waals surface area contributed by atoms with Crippen molar-refractivity contribution in [2.45, 2.75) is 39.2 Å². The van der Waals surface area contributed by atoms with E-state index in [1.165, 1.54) is 19.3 Å². The van der Waals surface area contributed by atoms with Gasteiger partial charge in [0, 0.05) is 11.4 Å². The monoisotopic (exact) mass is 255 g/mol. The molecule has 2 aromatic rings. The molecular formula is C16H21N3. The number of anilines is 1. The lowest BCUT2D eigenvalue weighted by atomic mass is 9.79. The van der Waals surface area contributed by atoms with E-state index in [-0.39, 0.29) is 0 Å². The van der Waals surface area contributed by atoms with Crippen molar-refractivity contribution in [3.63, 3.8) is 0 Å². The summed E-state index contributed by atoms with van der Waals surface area (Å²) in [4.78, 5) is 8.73. The molecule has 1 aliphatic rings. The standard InChI is InChI=1S/C16H21N3/c1-11-7-8-13(9-12(11)2)19-16-14-5-3-4-6-15(14)17-10-18-16/h3-6,10-13H,7-9H2,1-2H3,(H,17,18,19). The van der Waals surface area contributed by atoms with E-state index in [4.69, 9.17) is 0 Å². The van der Waals surface area contributed by atoms with Crippen LogP contribution < -0.4 is 5.32 Å². The van der Waals surface area contributed by atoms with Crippen molar-refractivity contribution in [2.24, 2.45) is 11.8 Å². The van der Waals surface area contributed by atoms with Crippen molar-refractivity contribution in [3.05, 3.63) is 30.6 Å². The molecule has 1 heterocycles. The fraction of sp³-hybridized carbons (Fsp3) is 0.500. The fourth-order valence-electron chi connectivity index (χ4n) is 2.99. The van der Waals surface area contributed by atoms with E-state index in [0.717, 1.165) is 28.6 Å². The first kappa shape index (κ1) is 12.4. The Morgan fingerprint density at radius 3 is 2.74 bits per heavy atom. The van der Waals surface area contributed by atoms with Crippen LogP contribution in [0, 0.1) is 11.8 Å². The molecule has 1 aromatic heterocycles. The zero-order valence-corrected chi connectivity index (χ0v) is 11.6. The van der Waals surface area contributed by atoms with E-state index in [9.17, 15) is 0 Å². The molecule has 1 saturated carbocycles. The second-order valence-corrected chi connectivity index (χ2v) is 5.85. The van der Waals surface area contributed by atoms with Gasteiger partial charge in [-0.15, -0.1) is 0 Å². The van der Waals surface area contributed by atoms with Crippen LogP contribution in [0.4, 0.5) is 5.82 Å². The smallest absolute Gasteiger partial charge is 0.137 e. The summed E-state index contributed by atoms with van der Waals surface area (Å²) in [6, 6.07) is 8.73. The predicted octanol–water partition coefficient (Wildman–Crippen LogP) is 3.87. The molecule has 100 valence electrons. The number of rotatable bonds is 2. The van der Waals surface area contributed by atoms with Crippen molar-refractivity contribution < 1.29 is 0 Å². The van der Waals surface area contributed by atoms with Crippen LogP contribution in [-0.4, -0.2) is 16.0 Å². The molecule has 0 radical (unpaired) electrons. The number of fused-ring (bicyclic) bond motifs is 1. The highest BCUT2D eigenvalue weighted by Gasteiger charge is 2.24. The molecule has 3 heteroatoms. The molecule has 3 atom stereocenters. The molecule has 1 aliphatic carbocycles. The van der Waals surface area contributed by atoms with Crippen LogP contribution in [0.5, 0.6) is 0 Å². The maximum atomic E-state index is 4.42. The van der Waals surface area contributed by atoms with Crippen LogP contribution >= 0.6 is 0 Å². The summed E-state index contributed by atoms with van der Waals surface area (Å²) in [5.41, 5.74) is 1.01. The number of nitrogens with zero attached hydrogens (tertiary/aromatic N) is 2. The summed E-state index contributed by atoms with van der Waals surface area (Å²) in [6.45, 7) is 4.72. The SMILES string of the molecule is CC1CCC(Nc2ncnc3ccccc23)CC1C. The van der Waals surface area contributed by atoms with Crippen molar-refractivity contribution in [2.75, 3.05) is 5.32 Å². The van der Waals surface area contributed by atoms with E-state index in [1.807, 2.05) is 18.2 Å². The molecule has 1 N–H and O–H groups in total. The highest BCUT2D eigenvalue weighted by atomic mass is 15.0. The fourth-order valence-corrected chi connectivity index (χ4v) is 2.99. The third kappa shape index (κ3) is 2.55. The first-order chi connectivity index (χ1) is 9.24. The molecule has 3 unspecified atom stereocenters. The number of hydrogen-bond donors (Lipinski definition) is 1. The predicted molar refractivity (Wildman–Crippen MR) is 79.1 cm³/mol. The topological polar surface area (TPSA) is 37.8 Å². The normalized spacial score (nSPS) is 27.4. The van der Waals surface area contributed by atoms with Gasteiger partial charge in [0.2, 0.25) is 0 Å². The number of benzene rings is 1. The Labute approximate surface area is 114 Å². The van der Waals surface area contributed by atoms with Crippen molar-refractivity contribution in [3.8, 4) is 0 Å². The van der Waals surface area contributed by atoms with E-state index in [2.05, 4.69) is 35.2 Å². The van der Waals surface area contributed by atoms with Crippen LogP contribution in [0.25, 0.3) is 10.9 Å². The highest BCUT2D eigenvalue weighted by molar-refractivity contribution is 5.88. The lowest BCUT2D eigenvalue weighted by Gasteiger charge is -2.32. The Bertz CT molecular complexity index is 561. The third-order valence-corrected chi connectivity index (χ3v) is 4.48. The van der Waals surface area contributed by atoms with Gasteiger partial charge < -0.3 is 5.32 Å². The molecule has 3 rings (SSSR count). The van der Waals surface area contributed by atoms with E-state index >= 15 is 0 Å². The van der Waals surface area contributed by atoms with E-state index in [1.54, 1.807) is 6.33 Å². The quantitative estimate of drug-likeness (QED) is 0.885. The summed E-state index contributed by atoms with van der Waals surface area (Å²) >= 11 is 0. The maximum Gasteiger partial charge on any atom is 0.137 e. The van der Waals surface area contributed by atoms with Crippen molar-refractivity contribution >= 4 is 16.7 Å². The van der Waals surface area contributed by atoms with Gasteiger partial charge in [0.15, 0.2) is 0 Å². The van der Waals surface area contributed by atoms with Gasteiger partial charge in [0.25, 0.3) is 0 Å². The summed E-state index contributed by atoms with van der Waals surface area (Å²) in [5, 5.41) is 4.75. The lowest BCUT2D eigenvalue weighted by molar-refractivity contribution is 0.260. The van der Waals surface area contributed by atoms with Gasteiger partial charge in [-0.2, -0.15) is 0 Å². The first-order valence-electron chi connectivity index (χ1n) is 7.20. The Kier molecular flexibility index (Phi) is 3.36. The molecule has 0 aliphatic heterocycles. The Morgan fingerprint density at radius 2 is 1.89 bits per heavy atom. The minimum atomic E-state index is 0.546. The van der Waals surface area contributed by atoms with E-state index in [0.29, 0.717) is 6.04 Å². The lowest BCUT2D eigenvalue weighted by Crippen LogP contribution is -2.30. The van der Waals surface area contributed by atoms with Crippen LogP contribution in [0.15, 0.2) is 30.6 Å². The second kappa shape index (κ2) is 5.16. The van der Waals surface area contributed by atoms with Gasteiger partial charge in [-0.25, -0.2) is 9.97 Å². The Balaban J connectivity index is 1.82. The summed E-state index contributed by atoms with van der Waals surface area (Å²) in [6.07, 6.45) is 5.44. The zero-order chi connectivity index (χ0) is 13.2. The molecule has 1 aromatic carbocycles. The highest BCUT2D eigenvalue weighted by Crippen LogP contribution is 2.31. The summed E-state index contributed by atoms with van der Waals surface area (Å²) in [5.74, 6) is 2.62. The molecule has 0 saturated heterocycles. The third-order valence-electron chi connectivity index (χ3n) is 4.48. The van der Waals surface area contributed by atoms with Gasteiger partial charge >= 0.3 is 0 Å². The molecule has 0 bridgehead atoms. The van der Waals surface area contributed by atoms with Crippen molar-refractivity contribution in [1.29, 1.82) is 0 Å². The molecule has 1 fully saturated rings. The minimum Gasteiger partial charge on any atom is -0.367 e. The number of para-hydroxylation sites is 1. The van der Waals surface area contributed by atoms with Crippen LogP contribution in [0.2, 0.25) is 0 Å². The van der Waals surface area contributed by atoms with Crippen LogP contribution in [0.1, 0.15) is 33.1 Å². The number of hydrogen-bond acceptors (Lipinski definition) is 3. The van der Waals surface area contributed by atoms with Crippen LogP contribution in [-0.2, 0) is 0 Å². The van der Waals surface area contributed by atoms with Gasteiger partial charge in [-0.05, 0) is 43.2 Å². The largest absolute Gasteiger partial charge is 0.367 e. The Morgan fingerprint density at radius 1 is 1.05 bits per heavy atom. The van der Waals surface area contributed by atoms with Crippen LogP contribution in [0.3, 0.4) is 0 Å². The first-order valence-corrected chi connectivity index (χ1v) is 7.20. The minimum absolute atomic E-state index is 0.546. The van der Waals surface area contributed by atoms with Gasteiger partial charge in [-0.3, -0.25) is 0 Å². The number of nitrogens with one attached hydrogen (secondary N) is 1. The molecule has 0 spiro atoms. The van der Waals surface area contributed by atoms with Gasteiger partial charge in [0.1, 0.15) is 12.1 Å². The van der Waals surface area contributed by atoms with E-state index < -0.39 is 0 Å². The van der Waals surface area contributed by atoms with Crippen molar-refractivity contribution in [1.82, 2.24) is 9.97 Å².